The molecule has 1 aliphatic rings. The van der Waals surface area contributed by atoms with E-state index in [1.807, 2.05) is 0 Å². The zero-order valence-electron chi connectivity index (χ0n) is 11.6. The van der Waals surface area contributed by atoms with Gasteiger partial charge in [-0.1, -0.05) is 11.3 Å². The van der Waals surface area contributed by atoms with Crippen LogP contribution >= 0.6 is 11.3 Å². The average molecular weight is 300 g/mol. The largest absolute Gasteiger partial charge is 0.383 e. The van der Waals surface area contributed by atoms with Crippen LogP contribution in [0, 0.1) is 0 Å². The van der Waals surface area contributed by atoms with Crippen LogP contribution < -0.4 is 16.4 Å². The van der Waals surface area contributed by atoms with Crippen LogP contribution in [0.5, 0.6) is 0 Å². The van der Waals surface area contributed by atoms with E-state index < -0.39 is 0 Å². The number of anilines is 2. The van der Waals surface area contributed by atoms with Crippen molar-refractivity contribution in [2.75, 3.05) is 38.4 Å². The van der Waals surface area contributed by atoms with Gasteiger partial charge in [-0.05, 0) is 12.8 Å². The SMILES string of the molecule is COCCNc1nc(N)c(C(=O)NC2CC(OC)C2)s1. The van der Waals surface area contributed by atoms with Crippen LogP contribution in [0.3, 0.4) is 0 Å². The number of methoxy groups -OCH3 is 2. The summed E-state index contributed by atoms with van der Waals surface area (Å²) in [5.74, 6) is 0.0920. The number of carbonyl (C=O) groups excluding carboxylic acids is 1. The Bertz CT molecular complexity index is 460. The van der Waals surface area contributed by atoms with Crippen molar-refractivity contribution >= 4 is 28.2 Å². The lowest BCUT2D eigenvalue weighted by Crippen LogP contribution is -2.47. The normalized spacial score (nSPS) is 21.3. The van der Waals surface area contributed by atoms with Crippen molar-refractivity contribution in [1.82, 2.24) is 10.3 Å². The lowest BCUT2D eigenvalue weighted by molar-refractivity contribution is 0.0177. The highest BCUT2D eigenvalue weighted by Crippen LogP contribution is 2.27. The summed E-state index contributed by atoms with van der Waals surface area (Å²) in [5, 5.41) is 6.63. The van der Waals surface area contributed by atoms with Gasteiger partial charge in [-0.3, -0.25) is 4.79 Å². The number of amides is 1. The zero-order valence-corrected chi connectivity index (χ0v) is 12.5. The minimum atomic E-state index is -0.167. The molecular formula is C12H20N4O3S. The molecular weight excluding hydrogens is 280 g/mol. The number of nitrogens with two attached hydrogens (primary N) is 1. The fourth-order valence-corrected chi connectivity index (χ4v) is 2.77. The van der Waals surface area contributed by atoms with Crippen LogP contribution in [-0.2, 0) is 9.47 Å². The summed E-state index contributed by atoms with van der Waals surface area (Å²) >= 11 is 1.26. The van der Waals surface area contributed by atoms with Gasteiger partial charge < -0.3 is 25.8 Å². The summed E-state index contributed by atoms with van der Waals surface area (Å²) < 4.78 is 10.1. The highest BCUT2D eigenvalue weighted by molar-refractivity contribution is 7.18. The maximum atomic E-state index is 12.1. The third-order valence-electron chi connectivity index (χ3n) is 3.21. The first-order chi connectivity index (χ1) is 9.63. The van der Waals surface area contributed by atoms with Gasteiger partial charge in [0, 0.05) is 26.8 Å². The summed E-state index contributed by atoms with van der Waals surface area (Å²) in [4.78, 5) is 16.7. The number of thiazole rings is 1. The third kappa shape index (κ3) is 3.59. The van der Waals surface area contributed by atoms with Crippen molar-refractivity contribution in [1.29, 1.82) is 0 Å². The molecule has 0 radical (unpaired) electrons. The van der Waals surface area contributed by atoms with E-state index in [1.165, 1.54) is 11.3 Å². The summed E-state index contributed by atoms with van der Waals surface area (Å²) in [6.07, 6.45) is 1.95. The van der Waals surface area contributed by atoms with Gasteiger partial charge in [-0.15, -0.1) is 0 Å². The minimum Gasteiger partial charge on any atom is -0.383 e. The number of carbonyl (C=O) groups is 1. The van der Waals surface area contributed by atoms with Crippen molar-refractivity contribution in [3.05, 3.63) is 4.88 Å². The second-order valence-electron chi connectivity index (χ2n) is 4.65. The second-order valence-corrected chi connectivity index (χ2v) is 5.65. The standard InChI is InChI=1S/C12H20N4O3S/c1-18-4-3-14-12-16-10(13)9(20-12)11(17)15-7-5-8(6-7)19-2/h7-8H,3-6,13H2,1-2H3,(H,14,16)(H,15,17). The molecule has 1 aromatic rings. The molecule has 0 saturated heterocycles. The molecule has 0 aliphatic heterocycles. The molecule has 1 amide bonds. The highest BCUT2D eigenvalue weighted by atomic mass is 32.1. The van der Waals surface area contributed by atoms with Crippen molar-refractivity contribution in [2.24, 2.45) is 0 Å². The molecule has 1 aromatic heterocycles. The van der Waals surface area contributed by atoms with E-state index in [0.29, 0.717) is 23.2 Å². The number of aromatic nitrogens is 1. The van der Waals surface area contributed by atoms with Gasteiger partial charge in [0.2, 0.25) is 0 Å². The number of rotatable bonds is 7. The molecule has 1 aliphatic carbocycles. The Hall–Kier alpha value is -1.38. The molecule has 0 atom stereocenters. The first kappa shape index (κ1) is 15.0. The van der Waals surface area contributed by atoms with Crippen molar-refractivity contribution in [2.45, 2.75) is 25.0 Å². The summed E-state index contributed by atoms with van der Waals surface area (Å²) in [7, 11) is 3.31. The maximum absolute atomic E-state index is 12.1. The van der Waals surface area contributed by atoms with E-state index in [0.717, 1.165) is 12.8 Å². The Morgan fingerprint density at radius 1 is 1.50 bits per heavy atom. The van der Waals surface area contributed by atoms with Crippen molar-refractivity contribution in [3.63, 3.8) is 0 Å². The van der Waals surface area contributed by atoms with Crippen LogP contribution in [0.25, 0.3) is 0 Å². The molecule has 1 fully saturated rings. The first-order valence-electron chi connectivity index (χ1n) is 6.46. The van der Waals surface area contributed by atoms with Crippen molar-refractivity contribution < 1.29 is 14.3 Å². The zero-order chi connectivity index (χ0) is 14.5. The van der Waals surface area contributed by atoms with E-state index in [2.05, 4.69) is 15.6 Å². The molecule has 20 heavy (non-hydrogen) atoms. The minimum absolute atomic E-state index is 0.166. The number of nitrogens with zero attached hydrogens (tertiary/aromatic N) is 1. The number of nitrogens with one attached hydrogen (secondary N) is 2. The van der Waals surface area contributed by atoms with E-state index in [9.17, 15) is 4.79 Å². The predicted molar refractivity (Wildman–Crippen MR) is 78.2 cm³/mol. The topological polar surface area (TPSA) is 98.5 Å². The number of nitrogen functional groups attached to an aromatic ring is 1. The van der Waals surface area contributed by atoms with Crippen molar-refractivity contribution in [3.8, 4) is 0 Å². The lowest BCUT2D eigenvalue weighted by Gasteiger charge is -2.34. The number of hydrogen-bond acceptors (Lipinski definition) is 7. The van der Waals surface area contributed by atoms with Crippen LogP contribution in [0.1, 0.15) is 22.5 Å². The molecule has 0 aromatic carbocycles. The van der Waals surface area contributed by atoms with E-state index in [1.54, 1.807) is 14.2 Å². The van der Waals surface area contributed by atoms with Gasteiger partial charge in [-0.25, -0.2) is 4.98 Å². The average Bonchev–Trinajstić information content (AvgIpc) is 2.74. The quantitative estimate of drug-likeness (QED) is 0.641. The van der Waals surface area contributed by atoms with Crippen LogP contribution in [0.2, 0.25) is 0 Å². The molecule has 4 N–H and O–H groups in total. The van der Waals surface area contributed by atoms with E-state index in [4.69, 9.17) is 15.2 Å². The second kappa shape index (κ2) is 6.87. The molecule has 112 valence electrons. The molecule has 7 nitrogen and oxygen atoms in total. The summed E-state index contributed by atoms with van der Waals surface area (Å²) in [6.45, 7) is 1.20. The molecule has 0 bridgehead atoms. The van der Waals surface area contributed by atoms with Crippen LogP contribution in [-0.4, -0.2) is 50.4 Å². The number of hydrogen-bond donors (Lipinski definition) is 3. The Kier molecular flexibility index (Phi) is 5.16. The van der Waals surface area contributed by atoms with Gasteiger partial charge in [0.25, 0.3) is 5.91 Å². The lowest BCUT2D eigenvalue weighted by atomic mass is 9.89. The van der Waals surface area contributed by atoms with Gasteiger partial charge in [0.15, 0.2) is 5.13 Å². The fourth-order valence-electron chi connectivity index (χ4n) is 1.96. The highest BCUT2D eigenvalue weighted by Gasteiger charge is 2.31. The Labute approximate surface area is 121 Å². The Morgan fingerprint density at radius 3 is 2.90 bits per heavy atom. The molecule has 8 heteroatoms. The third-order valence-corrected chi connectivity index (χ3v) is 4.23. The van der Waals surface area contributed by atoms with Crippen LogP contribution in [0.15, 0.2) is 0 Å². The van der Waals surface area contributed by atoms with Gasteiger partial charge >= 0.3 is 0 Å². The van der Waals surface area contributed by atoms with E-state index in [-0.39, 0.29) is 23.9 Å². The van der Waals surface area contributed by atoms with E-state index >= 15 is 0 Å². The first-order valence-corrected chi connectivity index (χ1v) is 7.28. The number of ether oxygens (including phenoxy) is 2. The fraction of sp³-hybridized carbons (Fsp3) is 0.667. The Balaban J connectivity index is 1.86. The smallest absolute Gasteiger partial charge is 0.265 e. The molecule has 0 unspecified atom stereocenters. The monoisotopic (exact) mass is 300 g/mol. The predicted octanol–water partition coefficient (Wildman–Crippen LogP) is 0.691. The summed E-state index contributed by atoms with van der Waals surface area (Å²) in [5.41, 5.74) is 5.78. The summed E-state index contributed by atoms with van der Waals surface area (Å²) in [6, 6.07) is 0.166. The maximum Gasteiger partial charge on any atom is 0.265 e. The van der Waals surface area contributed by atoms with Gasteiger partial charge in [0.1, 0.15) is 10.7 Å². The van der Waals surface area contributed by atoms with Crippen LogP contribution in [0.4, 0.5) is 10.9 Å². The van der Waals surface area contributed by atoms with Gasteiger partial charge in [-0.2, -0.15) is 0 Å². The molecule has 2 rings (SSSR count). The van der Waals surface area contributed by atoms with Gasteiger partial charge in [0.05, 0.1) is 12.7 Å². The Morgan fingerprint density at radius 2 is 2.25 bits per heavy atom. The molecule has 1 saturated carbocycles. The molecule has 1 heterocycles. The molecule has 0 spiro atoms.